The van der Waals surface area contributed by atoms with Crippen molar-refractivity contribution in [3.63, 3.8) is 0 Å². The fourth-order valence-corrected chi connectivity index (χ4v) is 4.52. The molecule has 2 amide bonds. The maximum Gasteiger partial charge on any atom is 0.247 e. The van der Waals surface area contributed by atoms with Crippen molar-refractivity contribution in [2.45, 2.75) is 76.7 Å². The Morgan fingerprint density at radius 1 is 1.39 bits per heavy atom. The number of fused-ring (bicyclic) bond motifs is 1. The molecule has 0 aromatic heterocycles. The van der Waals surface area contributed by atoms with Crippen LogP contribution in [-0.4, -0.2) is 54.7 Å². The van der Waals surface area contributed by atoms with E-state index in [-0.39, 0.29) is 35.5 Å². The van der Waals surface area contributed by atoms with Gasteiger partial charge < -0.3 is 20.3 Å². The summed E-state index contributed by atoms with van der Waals surface area (Å²) in [5.41, 5.74) is 0.227. The summed E-state index contributed by atoms with van der Waals surface area (Å²) in [5, 5.41) is 5.81. The third kappa shape index (κ3) is 2.87. The van der Waals surface area contributed by atoms with Crippen molar-refractivity contribution in [2.24, 2.45) is 5.41 Å². The van der Waals surface area contributed by atoms with E-state index in [2.05, 4.69) is 17.6 Å². The van der Waals surface area contributed by atoms with Crippen LogP contribution < -0.4 is 10.6 Å². The molecule has 130 valence electrons. The van der Waals surface area contributed by atoms with E-state index < -0.39 is 6.04 Å². The van der Waals surface area contributed by atoms with Gasteiger partial charge in [0.25, 0.3) is 0 Å². The lowest BCUT2D eigenvalue weighted by molar-refractivity contribution is -0.144. The van der Waals surface area contributed by atoms with Crippen LogP contribution in [0, 0.1) is 5.41 Å². The molecule has 1 aliphatic carbocycles. The van der Waals surface area contributed by atoms with Crippen LogP contribution in [0.5, 0.6) is 0 Å². The van der Waals surface area contributed by atoms with Crippen LogP contribution in [0.2, 0.25) is 0 Å². The highest BCUT2D eigenvalue weighted by atomic mass is 16.5. The summed E-state index contributed by atoms with van der Waals surface area (Å²) in [6, 6.07) is -0.580. The first-order chi connectivity index (χ1) is 11.0. The number of carbonyl (C=O) groups is 2. The summed E-state index contributed by atoms with van der Waals surface area (Å²) < 4.78 is 5.99. The number of hydrogen-bond acceptors (Lipinski definition) is 4. The third-order valence-corrected chi connectivity index (χ3v) is 6.21. The molecule has 2 saturated heterocycles. The van der Waals surface area contributed by atoms with E-state index in [0.717, 1.165) is 6.42 Å². The first-order valence-electron chi connectivity index (χ1n) is 8.90. The number of amides is 2. The van der Waals surface area contributed by atoms with Crippen LogP contribution in [0.25, 0.3) is 0 Å². The van der Waals surface area contributed by atoms with Crippen LogP contribution in [-0.2, 0) is 14.3 Å². The Morgan fingerprint density at radius 2 is 2.09 bits per heavy atom. The standard InChI is InChI=1S/C17H29N3O3/c1-11(18-3)15(21)19-13-6-9-23-14-10-17(7-4-5-8-17)12(2)20(14)16(13)22/h11-14,18H,4-10H2,1-3H3,(H,19,21)/t11-,12?,13-,14-/m0/s1. The molecule has 6 heteroatoms. The van der Waals surface area contributed by atoms with Gasteiger partial charge in [-0.15, -0.1) is 0 Å². The van der Waals surface area contributed by atoms with E-state index in [0.29, 0.717) is 13.0 Å². The molecule has 4 atom stereocenters. The van der Waals surface area contributed by atoms with Gasteiger partial charge in [-0.05, 0) is 45.6 Å². The van der Waals surface area contributed by atoms with Gasteiger partial charge in [0.15, 0.2) is 0 Å². The van der Waals surface area contributed by atoms with Crippen molar-refractivity contribution in [3.05, 3.63) is 0 Å². The van der Waals surface area contributed by atoms with Gasteiger partial charge in [-0.25, -0.2) is 0 Å². The average molecular weight is 323 g/mol. The molecule has 3 aliphatic rings. The first-order valence-corrected chi connectivity index (χ1v) is 8.90. The average Bonchev–Trinajstić information content (AvgIpc) is 3.07. The summed E-state index contributed by atoms with van der Waals surface area (Å²) in [6.45, 7) is 4.48. The zero-order chi connectivity index (χ0) is 16.6. The second-order valence-corrected chi connectivity index (χ2v) is 7.38. The van der Waals surface area contributed by atoms with Crippen molar-refractivity contribution >= 4 is 11.8 Å². The van der Waals surface area contributed by atoms with Gasteiger partial charge in [-0.1, -0.05) is 12.8 Å². The van der Waals surface area contributed by atoms with Crippen LogP contribution >= 0.6 is 0 Å². The Balaban J connectivity index is 1.75. The van der Waals surface area contributed by atoms with Crippen LogP contribution in [0.15, 0.2) is 0 Å². The molecule has 0 aromatic carbocycles. The molecule has 0 radical (unpaired) electrons. The van der Waals surface area contributed by atoms with Crippen LogP contribution in [0.4, 0.5) is 0 Å². The minimum atomic E-state index is -0.470. The predicted molar refractivity (Wildman–Crippen MR) is 86.6 cm³/mol. The lowest BCUT2D eigenvalue weighted by Crippen LogP contribution is -2.54. The molecule has 2 heterocycles. The summed E-state index contributed by atoms with van der Waals surface area (Å²) in [7, 11) is 1.74. The van der Waals surface area contributed by atoms with Gasteiger partial charge in [0.1, 0.15) is 12.3 Å². The minimum absolute atomic E-state index is 0.0282. The van der Waals surface area contributed by atoms with Gasteiger partial charge in [0, 0.05) is 12.5 Å². The monoisotopic (exact) mass is 323 g/mol. The van der Waals surface area contributed by atoms with E-state index in [1.807, 2.05) is 4.90 Å². The van der Waals surface area contributed by atoms with Gasteiger partial charge in [0.05, 0.1) is 12.6 Å². The Bertz CT molecular complexity index is 476. The quantitative estimate of drug-likeness (QED) is 0.813. The number of rotatable bonds is 3. The maximum atomic E-state index is 13.0. The highest BCUT2D eigenvalue weighted by Crippen LogP contribution is 2.52. The summed E-state index contributed by atoms with van der Waals surface area (Å²) in [6.07, 6.45) is 6.26. The number of nitrogens with zero attached hydrogens (tertiary/aromatic N) is 1. The topological polar surface area (TPSA) is 70.7 Å². The second-order valence-electron chi connectivity index (χ2n) is 7.38. The zero-order valence-electron chi connectivity index (χ0n) is 14.4. The molecular weight excluding hydrogens is 294 g/mol. The molecule has 3 fully saturated rings. The molecule has 6 nitrogen and oxygen atoms in total. The van der Waals surface area contributed by atoms with Crippen LogP contribution in [0.3, 0.4) is 0 Å². The van der Waals surface area contributed by atoms with Crippen LogP contribution in [0.1, 0.15) is 52.4 Å². The molecule has 2 N–H and O–H groups in total. The Hall–Kier alpha value is -1.14. The molecule has 3 rings (SSSR count). The lowest BCUT2D eigenvalue weighted by atomic mass is 9.79. The van der Waals surface area contributed by atoms with Gasteiger partial charge in [-0.2, -0.15) is 0 Å². The van der Waals surface area contributed by atoms with E-state index in [1.165, 1.54) is 25.7 Å². The number of hydrogen-bond donors (Lipinski definition) is 2. The summed E-state index contributed by atoms with van der Waals surface area (Å²) in [4.78, 5) is 27.1. The number of likely N-dealkylation sites (N-methyl/N-ethyl adjacent to an activating group) is 1. The van der Waals surface area contributed by atoms with Gasteiger partial charge >= 0.3 is 0 Å². The zero-order valence-corrected chi connectivity index (χ0v) is 14.4. The molecule has 1 unspecified atom stereocenters. The molecule has 2 aliphatic heterocycles. The van der Waals surface area contributed by atoms with Crippen molar-refractivity contribution in [1.29, 1.82) is 0 Å². The largest absolute Gasteiger partial charge is 0.358 e. The van der Waals surface area contributed by atoms with Crippen molar-refractivity contribution in [1.82, 2.24) is 15.5 Å². The molecule has 0 bridgehead atoms. The van der Waals surface area contributed by atoms with Crippen molar-refractivity contribution in [3.8, 4) is 0 Å². The highest BCUT2D eigenvalue weighted by molar-refractivity contribution is 5.90. The number of nitrogens with one attached hydrogen (secondary N) is 2. The van der Waals surface area contributed by atoms with Gasteiger partial charge in [0.2, 0.25) is 11.8 Å². The number of ether oxygens (including phenoxy) is 1. The Kier molecular flexibility index (Phi) is 4.65. The normalized spacial score (nSPS) is 34.3. The first kappa shape index (κ1) is 16.7. The van der Waals surface area contributed by atoms with E-state index in [1.54, 1.807) is 14.0 Å². The van der Waals surface area contributed by atoms with Gasteiger partial charge in [-0.3, -0.25) is 9.59 Å². The predicted octanol–water partition coefficient (Wildman–Crippen LogP) is 1.01. The Morgan fingerprint density at radius 3 is 2.74 bits per heavy atom. The number of carbonyl (C=O) groups excluding carboxylic acids is 2. The molecular formula is C17H29N3O3. The fourth-order valence-electron chi connectivity index (χ4n) is 4.52. The lowest BCUT2D eigenvalue weighted by Gasteiger charge is -2.33. The molecule has 23 heavy (non-hydrogen) atoms. The van der Waals surface area contributed by atoms with Crippen molar-refractivity contribution in [2.75, 3.05) is 13.7 Å². The molecule has 1 spiro atoms. The van der Waals surface area contributed by atoms with E-state index >= 15 is 0 Å². The SMILES string of the molecule is CN[C@@H](C)C(=O)N[C@H]1CCO[C@H]2CC3(CCCC3)C(C)N2C1=O. The summed E-state index contributed by atoms with van der Waals surface area (Å²) >= 11 is 0. The summed E-state index contributed by atoms with van der Waals surface area (Å²) in [5.74, 6) is -0.104. The Labute approximate surface area is 138 Å². The highest BCUT2D eigenvalue weighted by Gasteiger charge is 2.54. The van der Waals surface area contributed by atoms with E-state index in [9.17, 15) is 9.59 Å². The minimum Gasteiger partial charge on any atom is -0.358 e. The molecule has 0 aromatic rings. The van der Waals surface area contributed by atoms with Crippen molar-refractivity contribution < 1.29 is 14.3 Å². The third-order valence-electron chi connectivity index (χ3n) is 6.21. The van der Waals surface area contributed by atoms with E-state index in [4.69, 9.17) is 4.74 Å². The fraction of sp³-hybridized carbons (Fsp3) is 0.882. The maximum absolute atomic E-state index is 13.0. The smallest absolute Gasteiger partial charge is 0.247 e. The molecule has 1 saturated carbocycles. The second kappa shape index (κ2) is 6.40.